The monoisotopic (exact) mass is 401 g/mol. The summed E-state index contributed by atoms with van der Waals surface area (Å²) in [7, 11) is 0. The number of aromatic nitrogens is 4. The van der Waals surface area contributed by atoms with Gasteiger partial charge >= 0.3 is 0 Å². The standard InChI is InChI=1S/C23H23N5O2/c1-14(2)16-9-15-3-4-17(10-20(15)25-11-16)29-12-18-5-6-21(30-18)28-8-7-19-22(24)26-13-27-23(19)28/h3-4,7-11,13,18,21H,1,5-6,12H2,2H3,(H2,24,26,27)/t18-,21+/m0/s1. The molecule has 152 valence electrons. The van der Waals surface area contributed by atoms with Crippen LogP contribution >= 0.6 is 0 Å². The van der Waals surface area contributed by atoms with Crippen LogP contribution in [-0.4, -0.2) is 32.2 Å². The summed E-state index contributed by atoms with van der Waals surface area (Å²) in [6, 6.07) is 9.98. The van der Waals surface area contributed by atoms with Crippen molar-refractivity contribution in [3.8, 4) is 5.75 Å². The van der Waals surface area contributed by atoms with Gasteiger partial charge < -0.3 is 19.8 Å². The van der Waals surface area contributed by atoms with E-state index < -0.39 is 0 Å². The molecule has 2 N–H and O–H groups in total. The van der Waals surface area contributed by atoms with E-state index in [1.54, 1.807) is 0 Å². The van der Waals surface area contributed by atoms with Crippen LogP contribution in [0.4, 0.5) is 5.82 Å². The Labute approximate surface area is 174 Å². The molecule has 0 amide bonds. The number of rotatable bonds is 5. The van der Waals surface area contributed by atoms with Gasteiger partial charge in [-0.1, -0.05) is 6.58 Å². The molecule has 0 aliphatic carbocycles. The number of allylic oxidation sites excluding steroid dienone is 1. The van der Waals surface area contributed by atoms with Gasteiger partial charge in [0.2, 0.25) is 0 Å². The van der Waals surface area contributed by atoms with Gasteiger partial charge in [0.1, 0.15) is 36.4 Å². The van der Waals surface area contributed by atoms with Gasteiger partial charge in [-0.25, -0.2) is 9.97 Å². The Balaban J connectivity index is 1.25. The summed E-state index contributed by atoms with van der Waals surface area (Å²) < 4.78 is 14.2. The molecule has 1 aromatic carbocycles. The van der Waals surface area contributed by atoms with E-state index in [0.29, 0.717) is 12.4 Å². The van der Waals surface area contributed by atoms with E-state index in [9.17, 15) is 0 Å². The highest BCUT2D eigenvalue weighted by Gasteiger charge is 2.28. The van der Waals surface area contributed by atoms with Crippen molar-refractivity contribution in [3.63, 3.8) is 0 Å². The quantitative estimate of drug-likeness (QED) is 0.535. The zero-order valence-corrected chi connectivity index (χ0v) is 16.8. The van der Waals surface area contributed by atoms with Gasteiger partial charge in [0.15, 0.2) is 0 Å². The number of nitrogens with zero attached hydrogens (tertiary/aromatic N) is 4. The van der Waals surface area contributed by atoms with Crippen LogP contribution < -0.4 is 10.5 Å². The summed E-state index contributed by atoms with van der Waals surface area (Å²) >= 11 is 0. The van der Waals surface area contributed by atoms with Crippen LogP contribution in [0, 0.1) is 0 Å². The Bertz CT molecular complexity index is 1250. The Hall–Kier alpha value is -3.45. The minimum atomic E-state index is -0.0794. The first kappa shape index (κ1) is 18.6. The highest BCUT2D eigenvalue weighted by atomic mass is 16.6. The summed E-state index contributed by atoms with van der Waals surface area (Å²) in [6.07, 6.45) is 7.03. The highest BCUT2D eigenvalue weighted by Crippen LogP contribution is 2.32. The molecule has 3 aromatic heterocycles. The van der Waals surface area contributed by atoms with E-state index in [1.807, 2.05) is 48.1 Å². The van der Waals surface area contributed by atoms with E-state index in [-0.39, 0.29) is 12.3 Å². The maximum absolute atomic E-state index is 6.22. The average molecular weight is 401 g/mol. The molecule has 1 aliphatic rings. The molecule has 4 aromatic rings. The highest BCUT2D eigenvalue weighted by molar-refractivity contribution is 5.86. The third kappa shape index (κ3) is 3.37. The van der Waals surface area contributed by atoms with Crippen LogP contribution in [0.5, 0.6) is 5.75 Å². The van der Waals surface area contributed by atoms with Crippen LogP contribution in [0.3, 0.4) is 0 Å². The van der Waals surface area contributed by atoms with Gasteiger partial charge in [-0.2, -0.15) is 0 Å². The predicted molar refractivity (Wildman–Crippen MR) is 117 cm³/mol. The first-order valence-corrected chi connectivity index (χ1v) is 9.99. The molecular formula is C23H23N5O2. The molecule has 1 fully saturated rings. The molecule has 0 saturated carbocycles. The first-order chi connectivity index (χ1) is 14.6. The maximum Gasteiger partial charge on any atom is 0.147 e. The number of nitrogens with two attached hydrogens (primary N) is 1. The number of anilines is 1. The Kier molecular flexibility index (Phi) is 4.59. The normalized spacial score (nSPS) is 18.8. The molecule has 30 heavy (non-hydrogen) atoms. The van der Waals surface area contributed by atoms with Crippen molar-refractivity contribution in [2.45, 2.75) is 32.1 Å². The molecule has 0 radical (unpaired) electrons. The smallest absolute Gasteiger partial charge is 0.147 e. The van der Waals surface area contributed by atoms with Crippen LogP contribution in [0.25, 0.3) is 27.5 Å². The third-order valence-electron chi connectivity index (χ3n) is 5.52. The second kappa shape index (κ2) is 7.42. The lowest BCUT2D eigenvalue weighted by Gasteiger charge is -2.16. The number of hydrogen-bond acceptors (Lipinski definition) is 6. The molecule has 1 saturated heterocycles. The number of benzene rings is 1. The topological polar surface area (TPSA) is 88.1 Å². The largest absolute Gasteiger partial charge is 0.491 e. The van der Waals surface area contributed by atoms with Gasteiger partial charge in [-0.05, 0) is 55.2 Å². The summed E-state index contributed by atoms with van der Waals surface area (Å²) in [5.74, 6) is 1.27. The van der Waals surface area contributed by atoms with E-state index >= 15 is 0 Å². The summed E-state index contributed by atoms with van der Waals surface area (Å²) in [6.45, 7) is 6.44. The minimum Gasteiger partial charge on any atom is -0.491 e. The van der Waals surface area contributed by atoms with Crippen molar-refractivity contribution >= 4 is 33.3 Å². The van der Waals surface area contributed by atoms with Crippen LogP contribution in [-0.2, 0) is 4.74 Å². The molecule has 1 aliphatic heterocycles. The molecule has 0 spiro atoms. The number of hydrogen-bond donors (Lipinski definition) is 1. The van der Waals surface area contributed by atoms with Crippen LogP contribution in [0.1, 0.15) is 31.6 Å². The molecule has 0 unspecified atom stereocenters. The van der Waals surface area contributed by atoms with Crippen molar-refractivity contribution < 1.29 is 9.47 Å². The summed E-state index contributed by atoms with van der Waals surface area (Å²) in [5, 5.41) is 1.92. The zero-order valence-electron chi connectivity index (χ0n) is 16.8. The lowest BCUT2D eigenvalue weighted by Crippen LogP contribution is -2.18. The molecular weight excluding hydrogens is 378 g/mol. The number of fused-ring (bicyclic) bond motifs is 2. The fraction of sp³-hybridized carbons (Fsp3) is 0.261. The minimum absolute atomic E-state index is 0.0149. The molecule has 2 atom stereocenters. The molecule has 5 rings (SSSR count). The van der Waals surface area contributed by atoms with E-state index in [2.05, 4.69) is 27.6 Å². The van der Waals surface area contributed by atoms with Crippen molar-refractivity contribution in [1.29, 1.82) is 0 Å². The number of ether oxygens (including phenoxy) is 2. The van der Waals surface area contributed by atoms with Gasteiger partial charge in [0, 0.05) is 23.8 Å². The average Bonchev–Trinajstić information content (AvgIpc) is 3.39. The van der Waals surface area contributed by atoms with Crippen molar-refractivity contribution in [1.82, 2.24) is 19.5 Å². The Morgan fingerprint density at radius 2 is 2.13 bits per heavy atom. The lowest BCUT2D eigenvalue weighted by atomic mass is 10.1. The van der Waals surface area contributed by atoms with Crippen LogP contribution in [0.2, 0.25) is 0 Å². The number of nitrogen functional groups attached to an aromatic ring is 1. The Morgan fingerprint density at radius 1 is 1.23 bits per heavy atom. The first-order valence-electron chi connectivity index (χ1n) is 9.99. The molecule has 7 nitrogen and oxygen atoms in total. The van der Waals surface area contributed by atoms with Crippen molar-refractivity contribution in [2.24, 2.45) is 0 Å². The van der Waals surface area contributed by atoms with E-state index in [1.165, 1.54) is 6.33 Å². The van der Waals surface area contributed by atoms with Crippen molar-refractivity contribution in [3.05, 3.63) is 61.2 Å². The lowest BCUT2D eigenvalue weighted by molar-refractivity contribution is -0.0156. The molecule has 7 heteroatoms. The second-order valence-electron chi connectivity index (χ2n) is 7.68. The predicted octanol–water partition coefficient (Wildman–Crippen LogP) is 4.35. The van der Waals surface area contributed by atoms with Gasteiger partial charge in [0.05, 0.1) is 17.0 Å². The summed E-state index contributed by atoms with van der Waals surface area (Å²) in [5.41, 5.74) is 9.68. The summed E-state index contributed by atoms with van der Waals surface area (Å²) in [4.78, 5) is 12.9. The van der Waals surface area contributed by atoms with Gasteiger partial charge in [-0.3, -0.25) is 4.98 Å². The van der Waals surface area contributed by atoms with E-state index in [0.717, 1.165) is 51.7 Å². The fourth-order valence-corrected chi connectivity index (χ4v) is 3.85. The molecule has 4 heterocycles. The number of pyridine rings is 1. The second-order valence-corrected chi connectivity index (χ2v) is 7.68. The van der Waals surface area contributed by atoms with E-state index in [4.69, 9.17) is 15.2 Å². The molecule has 0 bridgehead atoms. The Morgan fingerprint density at radius 3 is 3.00 bits per heavy atom. The maximum atomic E-state index is 6.22. The van der Waals surface area contributed by atoms with Crippen LogP contribution in [0.15, 0.2) is 55.6 Å². The fourth-order valence-electron chi connectivity index (χ4n) is 3.85. The zero-order chi connectivity index (χ0) is 20.7. The van der Waals surface area contributed by atoms with Gasteiger partial charge in [0.25, 0.3) is 0 Å². The SMILES string of the molecule is C=C(C)c1cnc2cc(OC[C@@H]3CC[C@H](n4ccc5c(N)ncnc54)O3)ccc2c1. The van der Waals surface area contributed by atoms with Gasteiger partial charge in [-0.15, -0.1) is 0 Å². The third-order valence-corrected chi connectivity index (χ3v) is 5.52. The van der Waals surface area contributed by atoms with Crippen molar-refractivity contribution in [2.75, 3.05) is 12.3 Å².